The van der Waals surface area contributed by atoms with E-state index < -0.39 is 0 Å². The summed E-state index contributed by atoms with van der Waals surface area (Å²) >= 11 is 1.87. The average molecular weight is 809 g/mol. The Bertz CT molecular complexity index is 3860. The molecule has 0 saturated carbocycles. The molecule has 290 valence electrons. The largest absolute Gasteiger partial charge is 0.455 e. The van der Waals surface area contributed by atoms with Crippen molar-refractivity contribution >= 4 is 103 Å². The van der Waals surface area contributed by atoms with Gasteiger partial charge in [0.2, 0.25) is 0 Å². The third kappa shape index (κ3) is 5.30. The van der Waals surface area contributed by atoms with Crippen LogP contribution in [0.15, 0.2) is 223 Å². The Morgan fingerprint density at radius 3 is 1.85 bits per heavy atom. The highest BCUT2D eigenvalue weighted by atomic mass is 32.1. The van der Waals surface area contributed by atoms with Crippen molar-refractivity contribution in [3.8, 4) is 27.9 Å². The lowest BCUT2D eigenvalue weighted by Gasteiger charge is -2.26. The molecule has 0 aliphatic rings. The van der Waals surface area contributed by atoms with Crippen LogP contribution in [0, 0.1) is 0 Å². The van der Waals surface area contributed by atoms with Gasteiger partial charge in [0.15, 0.2) is 0 Å². The van der Waals surface area contributed by atoms with E-state index in [-0.39, 0.29) is 0 Å². The van der Waals surface area contributed by atoms with Crippen LogP contribution in [-0.4, -0.2) is 4.57 Å². The van der Waals surface area contributed by atoms with Crippen molar-refractivity contribution < 1.29 is 4.42 Å². The second kappa shape index (κ2) is 13.8. The van der Waals surface area contributed by atoms with Gasteiger partial charge in [0.25, 0.3) is 0 Å². The molecule has 0 amide bonds. The molecule has 0 fully saturated rings. The molecule has 3 heterocycles. The summed E-state index contributed by atoms with van der Waals surface area (Å²) in [5, 5.41) is 9.59. The molecular formula is C58H36N2OS. The van der Waals surface area contributed by atoms with Crippen LogP contribution in [0.3, 0.4) is 0 Å². The third-order valence-electron chi connectivity index (χ3n) is 12.6. The van der Waals surface area contributed by atoms with E-state index in [1.165, 1.54) is 69.6 Å². The third-order valence-corrected chi connectivity index (χ3v) is 13.8. The zero-order chi connectivity index (χ0) is 40.7. The normalized spacial score (nSPS) is 11.9. The molecule has 0 aliphatic carbocycles. The van der Waals surface area contributed by atoms with Crippen LogP contribution in [0.25, 0.3) is 103 Å². The van der Waals surface area contributed by atoms with Gasteiger partial charge in [-0.05, 0) is 100 Å². The first-order chi connectivity index (χ1) is 30.8. The number of nitrogens with zero attached hydrogens (tertiary/aromatic N) is 2. The van der Waals surface area contributed by atoms with Gasteiger partial charge in [0.05, 0.1) is 22.1 Å². The van der Waals surface area contributed by atoms with Crippen molar-refractivity contribution in [1.82, 2.24) is 4.57 Å². The Kier molecular flexibility index (Phi) is 7.78. The van der Waals surface area contributed by atoms with Crippen LogP contribution in [-0.2, 0) is 0 Å². The van der Waals surface area contributed by atoms with Crippen LogP contribution >= 0.6 is 11.3 Å². The number of furan rings is 1. The summed E-state index contributed by atoms with van der Waals surface area (Å²) in [6, 6.07) is 79.1. The highest BCUT2D eigenvalue weighted by Gasteiger charge is 2.22. The summed E-state index contributed by atoms with van der Waals surface area (Å²) in [4.78, 5) is 2.39. The first-order valence-electron chi connectivity index (χ1n) is 21.1. The summed E-state index contributed by atoms with van der Waals surface area (Å²) in [7, 11) is 0. The van der Waals surface area contributed by atoms with E-state index >= 15 is 0 Å². The molecule has 0 N–H and O–H groups in total. The second-order valence-electron chi connectivity index (χ2n) is 16.0. The maximum absolute atomic E-state index is 6.73. The topological polar surface area (TPSA) is 21.3 Å². The van der Waals surface area contributed by atoms with Crippen molar-refractivity contribution in [2.24, 2.45) is 0 Å². The molecule has 10 aromatic carbocycles. The fourth-order valence-corrected chi connectivity index (χ4v) is 11.1. The van der Waals surface area contributed by atoms with Gasteiger partial charge in [-0.25, -0.2) is 0 Å². The van der Waals surface area contributed by atoms with E-state index in [2.05, 4.69) is 228 Å². The number of benzene rings is 10. The van der Waals surface area contributed by atoms with Gasteiger partial charge < -0.3 is 13.9 Å². The van der Waals surface area contributed by atoms with Crippen LogP contribution in [0.5, 0.6) is 0 Å². The minimum Gasteiger partial charge on any atom is -0.455 e. The van der Waals surface area contributed by atoms with Gasteiger partial charge in [-0.1, -0.05) is 146 Å². The monoisotopic (exact) mass is 808 g/mol. The molecule has 0 spiro atoms. The van der Waals surface area contributed by atoms with Crippen molar-refractivity contribution in [3.63, 3.8) is 0 Å². The lowest BCUT2D eigenvalue weighted by atomic mass is 9.98. The number of para-hydroxylation sites is 2. The number of thiophene rings is 1. The summed E-state index contributed by atoms with van der Waals surface area (Å²) in [5.41, 5.74) is 13.4. The number of hydrogen-bond acceptors (Lipinski definition) is 3. The average Bonchev–Trinajstić information content (AvgIpc) is 4.03. The standard InChI is InChI=1S/C58H36N2OS/c1-2-14-40(15-3-1)60-50-22-8-6-18-48(50)55-43(19-11-23-51(55)60)38-27-32-41(33-28-38)59(52-24-12-25-53-56(52)49-36-31-37-13-4-5-16-44(37)57(49)61-53)42-34-29-39(30-35-42)45-20-10-21-47-46-17-7-9-26-54(46)62-58(45)47/h1-36H. The SMILES string of the molecule is c1ccc(-n2c3ccccc3c3c(-c4ccc(N(c5ccc(-c6cccc7c6sc6ccccc67)cc5)c5cccc6oc7c8ccccc8ccc7c56)cc4)cccc32)cc1. The Morgan fingerprint density at radius 1 is 0.403 bits per heavy atom. The van der Waals surface area contributed by atoms with Crippen molar-refractivity contribution in [1.29, 1.82) is 0 Å². The molecule has 3 nitrogen and oxygen atoms in total. The lowest BCUT2D eigenvalue weighted by Crippen LogP contribution is -2.10. The van der Waals surface area contributed by atoms with E-state index in [9.17, 15) is 0 Å². The van der Waals surface area contributed by atoms with Crippen molar-refractivity contribution in [3.05, 3.63) is 218 Å². The quantitative estimate of drug-likeness (QED) is 0.167. The van der Waals surface area contributed by atoms with Crippen LogP contribution in [0.2, 0.25) is 0 Å². The zero-order valence-electron chi connectivity index (χ0n) is 33.5. The molecule has 0 bridgehead atoms. The smallest absolute Gasteiger partial charge is 0.143 e. The minimum atomic E-state index is 0.866. The predicted octanol–water partition coefficient (Wildman–Crippen LogP) is 17.0. The summed E-state index contributed by atoms with van der Waals surface area (Å²) < 4.78 is 11.7. The number of hydrogen-bond donors (Lipinski definition) is 0. The fourth-order valence-electron chi connectivity index (χ4n) is 9.82. The predicted molar refractivity (Wildman–Crippen MR) is 264 cm³/mol. The van der Waals surface area contributed by atoms with Gasteiger partial charge in [-0.15, -0.1) is 11.3 Å². The molecular weight excluding hydrogens is 773 g/mol. The Labute approximate surface area is 361 Å². The first-order valence-corrected chi connectivity index (χ1v) is 21.9. The maximum Gasteiger partial charge on any atom is 0.143 e. The molecule has 0 atom stereocenters. The lowest BCUT2D eigenvalue weighted by molar-refractivity contribution is 0.672. The number of rotatable bonds is 6. The van der Waals surface area contributed by atoms with Gasteiger partial charge in [-0.3, -0.25) is 0 Å². The van der Waals surface area contributed by atoms with E-state index in [1.807, 2.05) is 11.3 Å². The number of aromatic nitrogens is 1. The molecule has 3 aromatic heterocycles. The second-order valence-corrected chi connectivity index (χ2v) is 17.1. The van der Waals surface area contributed by atoms with Crippen LogP contribution in [0.1, 0.15) is 0 Å². The highest BCUT2D eigenvalue weighted by Crippen LogP contribution is 2.47. The number of anilines is 3. The zero-order valence-corrected chi connectivity index (χ0v) is 34.3. The first kappa shape index (κ1) is 34.9. The fraction of sp³-hybridized carbons (Fsp3) is 0. The minimum absolute atomic E-state index is 0.866. The Hall–Kier alpha value is -7.92. The molecule has 62 heavy (non-hydrogen) atoms. The molecule has 4 heteroatoms. The van der Waals surface area contributed by atoms with Crippen molar-refractivity contribution in [2.75, 3.05) is 4.90 Å². The van der Waals surface area contributed by atoms with E-state index in [0.29, 0.717) is 0 Å². The van der Waals surface area contributed by atoms with Gasteiger partial charge in [0.1, 0.15) is 11.2 Å². The maximum atomic E-state index is 6.73. The Balaban J connectivity index is 0.986. The van der Waals surface area contributed by atoms with E-state index in [1.54, 1.807) is 0 Å². The van der Waals surface area contributed by atoms with Gasteiger partial charge in [0, 0.05) is 58.8 Å². The summed E-state index contributed by atoms with van der Waals surface area (Å²) in [6.07, 6.45) is 0. The highest BCUT2D eigenvalue weighted by molar-refractivity contribution is 7.26. The van der Waals surface area contributed by atoms with E-state index in [0.717, 1.165) is 50.1 Å². The molecule has 13 rings (SSSR count). The van der Waals surface area contributed by atoms with Crippen LogP contribution < -0.4 is 4.90 Å². The molecule has 0 radical (unpaired) electrons. The molecule has 0 saturated heterocycles. The molecule has 0 aliphatic heterocycles. The molecule has 0 unspecified atom stereocenters. The van der Waals surface area contributed by atoms with Gasteiger partial charge >= 0.3 is 0 Å². The summed E-state index contributed by atoms with van der Waals surface area (Å²) in [5.74, 6) is 0. The van der Waals surface area contributed by atoms with E-state index in [4.69, 9.17) is 4.42 Å². The van der Waals surface area contributed by atoms with Crippen molar-refractivity contribution in [2.45, 2.75) is 0 Å². The molecule has 13 aromatic rings. The van der Waals surface area contributed by atoms with Crippen LogP contribution in [0.4, 0.5) is 17.1 Å². The number of fused-ring (bicyclic) bond motifs is 11. The Morgan fingerprint density at radius 2 is 1.03 bits per heavy atom. The summed E-state index contributed by atoms with van der Waals surface area (Å²) in [6.45, 7) is 0. The van der Waals surface area contributed by atoms with Gasteiger partial charge in [-0.2, -0.15) is 0 Å².